The predicted octanol–water partition coefficient (Wildman–Crippen LogP) is 1.33. The molecule has 0 fully saturated rings. The molecule has 4 aromatic rings. The normalized spacial score (nSPS) is 25.3. The second kappa shape index (κ2) is 26.1. The van der Waals surface area contributed by atoms with E-state index in [0.29, 0.717) is 34.9 Å². The number of aromatic nitrogens is 4. The van der Waals surface area contributed by atoms with Crippen molar-refractivity contribution in [3.8, 4) is 0 Å². The third-order valence-corrected chi connectivity index (χ3v) is 14.3. The fraction of sp³-hybridized carbons (Fsp3) is 0.481. The zero-order valence-corrected chi connectivity index (χ0v) is 45.4. The number of nitrogens with zero attached hydrogens (tertiary/aromatic N) is 8. The first kappa shape index (κ1) is 58.8. The van der Waals surface area contributed by atoms with Gasteiger partial charge in [0.15, 0.2) is 0 Å². The third-order valence-electron chi connectivity index (χ3n) is 14.3. The molecule has 416 valence electrons. The molecule has 10 atom stereocenters. The molecule has 3 unspecified atom stereocenters. The van der Waals surface area contributed by atoms with Gasteiger partial charge in [-0.15, -0.1) is 0 Å². The maximum absolute atomic E-state index is 15.0. The summed E-state index contributed by atoms with van der Waals surface area (Å²) in [5, 5.41) is 10.2. The van der Waals surface area contributed by atoms with Crippen LogP contribution in [0.2, 0.25) is 0 Å². The van der Waals surface area contributed by atoms with Crippen LogP contribution in [0.4, 0.5) is 0 Å². The van der Waals surface area contributed by atoms with Crippen LogP contribution in [-0.4, -0.2) is 188 Å². The van der Waals surface area contributed by atoms with E-state index < -0.39 is 133 Å². The largest absolute Gasteiger partial charge is 0.461 e. The summed E-state index contributed by atoms with van der Waals surface area (Å²) in [5.41, 5.74) is 1.39. The van der Waals surface area contributed by atoms with Gasteiger partial charge in [-0.3, -0.25) is 48.3 Å². The van der Waals surface area contributed by atoms with Gasteiger partial charge in [0.2, 0.25) is 35.4 Å². The molecule has 78 heavy (non-hydrogen) atoms. The van der Waals surface area contributed by atoms with Crippen molar-refractivity contribution in [2.45, 2.75) is 116 Å². The van der Waals surface area contributed by atoms with Crippen molar-refractivity contribution < 1.29 is 57.4 Å². The highest BCUT2D eigenvalue weighted by Crippen LogP contribution is 2.23. The van der Waals surface area contributed by atoms with Crippen molar-refractivity contribution >= 4 is 81.3 Å². The minimum absolute atomic E-state index is 0.180. The molecule has 0 saturated carbocycles. The average molecular weight is 1080 g/mol. The van der Waals surface area contributed by atoms with Gasteiger partial charge in [0.05, 0.1) is 34.5 Å². The van der Waals surface area contributed by atoms with Crippen LogP contribution in [0.5, 0.6) is 0 Å². The molecule has 6 rings (SSSR count). The number of amides is 8. The number of fused-ring (bicyclic) bond motifs is 6. The predicted molar refractivity (Wildman–Crippen MR) is 282 cm³/mol. The second-order valence-electron chi connectivity index (χ2n) is 19.7. The molecule has 0 radical (unpaired) electrons. The first-order valence-corrected chi connectivity index (χ1v) is 25.8. The number of carbonyl (C=O) groups is 10. The number of benzene rings is 2. The van der Waals surface area contributed by atoms with Gasteiger partial charge in [0.1, 0.15) is 72.9 Å². The van der Waals surface area contributed by atoms with E-state index in [2.05, 4.69) is 41.2 Å². The highest BCUT2D eigenvalue weighted by Gasteiger charge is 2.42. The molecular formula is C54H68N12O12. The van der Waals surface area contributed by atoms with E-state index in [0.717, 1.165) is 19.6 Å². The smallest absolute Gasteiger partial charge is 0.329 e. The number of carbonyl (C=O) groups excluding carboxylic acids is 10. The minimum atomic E-state index is -1.66. The number of nitrogens with one attached hydrogen (secondary N) is 4. The highest BCUT2D eigenvalue weighted by atomic mass is 16.5. The van der Waals surface area contributed by atoms with Crippen LogP contribution < -0.4 is 21.3 Å². The summed E-state index contributed by atoms with van der Waals surface area (Å²) in [7, 11) is 5.37. The Hall–Kier alpha value is -8.44. The Morgan fingerprint density at radius 3 is 1.26 bits per heavy atom. The van der Waals surface area contributed by atoms with Crippen molar-refractivity contribution in [1.82, 2.24) is 60.8 Å². The van der Waals surface area contributed by atoms with Crippen molar-refractivity contribution in [3.63, 3.8) is 0 Å². The van der Waals surface area contributed by atoms with Crippen molar-refractivity contribution in [2.24, 2.45) is 11.8 Å². The molecule has 24 heteroatoms. The topological polar surface area (TPSA) is 302 Å². The maximum atomic E-state index is 15.0. The fourth-order valence-electron chi connectivity index (χ4n) is 9.17. The van der Waals surface area contributed by atoms with Gasteiger partial charge in [-0.1, -0.05) is 77.0 Å². The molecule has 2 aliphatic heterocycles. The van der Waals surface area contributed by atoms with Crippen LogP contribution in [0.3, 0.4) is 0 Å². The fourth-order valence-corrected chi connectivity index (χ4v) is 9.17. The van der Waals surface area contributed by atoms with Gasteiger partial charge in [-0.25, -0.2) is 19.6 Å². The molecule has 8 amide bonds. The van der Waals surface area contributed by atoms with E-state index in [-0.39, 0.29) is 24.2 Å². The van der Waals surface area contributed by atoms with Gasteiger partial charge < -0.3 is 50.3 Å². The van der Waals surface area contributed by atoms with E-state index in [1.54, 1.807) is 76.2 Å². The summed E-state index contributed by atoms with van der Waals surface area (Å²) in [4.78, 5) is 165. The Kier molecular flexibility index (Phi) is 19.7. The number of para-hydroxylation sites is 4. The number of ether oxygens (including phenoxy) is 2. The quantitative estimate of drug-likeness (QED) is 0.143. The number of rotatable bonds is 8. The zero-order chi connectivity index (χ0) is 57.1. The third kappa shape index (κ3) is 13.6. The lowest BCUT2D eigenvalue weighted by Crippen LogP contribution is -2.60. The summed E-state index contributed by atoms with van der Waals surface area (Å²) < 4.78 is 11.6. The average Bonchev–Trinajstić information content (AvgIpc) is 3.47. The number of hydrogen-bond donors (Lipinski definition) is 4. The molecule has 2 aliphatic rings. The van der Waals surface area contributed by atoms with Crippen LogP contribution in [0.25, 0.3) is 22.1 Å². The molecule has 4 heterocycles. The first-order chi connectivity index (χ1) is 37.1. The van der Waals surface area contributed by atoms with Gasteiger partial charge >= 0.3 is 11.9 Å². The number of esters is 2. The molecule has 0 saturated heterocycles. The molecule has 0 aliphatic carbocycles. The van der Waals surface area contributed by atoms with E-state index >= 15 is 0 Å². The summed E-state index contributed by atoms with van der Waals surface area (Å²) in [6.45, 7) is 8.09. The van der Waals surface area contributed by atoms with Gasteiger partial charge in [-0.05, 0) is 62.8 Å². The lowest BCUT2D eigenvalue weighted by atomic mass is 9.96. The van der Waals surface area contributed by atoms with Crippen molar-refractivity contribution in [2.75, 3.05) is 41.4 Å². The number of likely N-dealkylation sites (N-methyl/N-ethyl adjacent to an activating group) is 4. The molecule has 4 N–H and O–H groups in total. The summed E-state index contributed by atoms with van der Waals surface area (Å²) in [6, 6.07) is 2.05. The Bertz CT molecular complexity index is 2780. The molecule has 2 aromatic carbocycles. The minimum Gasteiger partial charge on any atom is -0.461 e. The van der Waals surface area contributed by atoms with Crippen molar-refractivity contribution in [3.05, 3.63) is 84.5 Å². The molecule has 2 aromatic heterocycles. The zero-order valence-electron chi connectivity index (χ0n) is 45.4. The summed E-state index contributed by atoms with van der Waals surface area (Å²) >= 11 is 0. The van der Waals surface area contributed by atoms with Crippen LogP contribution in [0, 0.1) is 11.8 Å². The Balaban J connectivity index is 1.42. The maximum Gasteiger partial charge on any atom is 0.329 e. The van der Waals surface area contributed by atoms with Crippen molar-refractivity contribution in [1.29, 1.82) is 0 Å². The SMILES string of the molecule is CCC(C)[C@H]1C(=O)OC[C@@H](NC(=O)c2cnc3ccccc3n2)C(=O)N[C@@H](C)C(=O)N(C)[C@H]2C/C=C\C[C@@H](C(=O)N1C)N(C)C(=O)[C@H](C)NC(=O)C(NC(=O)c1cnc3ccccc3n1)COC(=O)[C@H](C(C)CC)N(C)C2=O. The Morgan fingerprint density at radius 2 is 0.910 bits per heavy atom. The monoisotopic (exact) mass is 1080 g/mol. The standard InChI is InChI=1S/C54H68N12O12/c1-11-29(3)43-53(75)77-27-39(61-45(67)37-25-55-33-19-13-15-21-35(33)59-37)47(69)57-32(6)50(72)64(8)42-24-18-17-23-41(51(73)65(43)9)63(7)49(71)31(5)58-48(70)40(28-78-54(76)44(30(4)12-2)66(10)52(42)74)62-46(68)38-26-56-34-20-14-16-22-36(34)60-38/h13-22,25-26,29-32,39-44H,11-12,23-24,27-28H2,1-10H3,(H,57,69)(H,58,70)(H,61,67)(H,62,68)/b18-17-/t29?,30?,31-,32-,39+,40?,41-,42-,43-,44-/m0/s1. The van der Waals surface area contributed by atoms with Gasteiger partial charge in [0.25, 0.3) is 11.8 Å². The van der Waals surface area contributed by atoms with Crippen LogP contribution in [0.15, 0.2) is 73.1 Å². The molecule has 2 bridgehead atoms. The number of hydrogen-bond acceptors (Lipinski definition) is 16. The van der Waals surface area contributed by atoms with Gasteiger partial charge in [0, 0.05) is 28.2 Å². The highest BCUT2D eigenvalue weighted by molar-refractivity contribution is 6.01. The van der Waals surface area contributed by atoms with Crippen LogP contribution >= 0.6 is 0 Å². The number of cyclic esters (lactones) is 2. The summed E-state index contributed by atoms with van der Waals surface area (Å²) in [6.07, 6.45) is 5.74. The first-order valence-electron chi connectivity index (χ1n) is 25.8. The molecular weight excluding hydrogens is 1010 g/mol. The van der Waals surface area contributed by atoms with Crippen LogP contribution in [-0.2, 0) is 47.8 Å². The van der Waals surface area contributed by atoms with Gasteiger partial charge in [-0.2, -0.15) is 0 Å². The second-order valence-corrected chi connectivity index (χ2v) is 19.7. The van der Waals surface area contributed by atoms with Crippen LogP contribution in [0.1, 0.15) is 88.2 Å². The van der Waals surface area contributed by atoms with E-state index in [9.17, 15) is 47.9 Å². The lowest BCUT2D eigenvalue weighted by Gasteiger charge is -2.37. The molecule has 0 spiro atoms. The summed E-state index contributed by atoms with van der Waals surface area (Å²) in [5.74, 6) is -9.84. The molecule has 24 nitrogen and oxygen atoms in total. The van der Waals surface area contributed by atoms with E-state index in [1.165, 1.54) is 66.6 Å². The Labute approximate surface area is 451 Å². The van der Waals surface area contributed by atoms with E-state index in [1.807, 2.05) is 0 Å². The van der Waals surface area contributed by atoms with E-state index in [4.69, 9.17) is 9.47 Å². The Morgan fingerprint density at radius 1 is 0.564 bits per heavy atom. The lowest BCUT2D eigenvalue weighted by molar-refractivity contribution is -0.161.